The lowest BCUT2D eigenvalue weighted by atomic mass is 10.1. The summed E-state index contributed by atoms with van der Waals surface area (Å²) in [4.78, 5) is 16.4. The van der Waals surface area contributed by atoms with E-state index in [2.05, 4.69) is 36.2 Å². The van der Waals surface area contributed by atoms with Crippen LogP contribution < -0.4 is 5.32 Å². The van der Waals surface area contributed by atoms with Crippen LogP contribution in [0, 0.1) is 0 Å². The van der Waals surface area contributed by atoms with Crippen molar-refractivity contribution < 1.29 is 4.79 Å². The van der Waals surface area contributed by atoms with Crippen molar-refractivity contribution in [3.63, 3.8) is 0 Å². The molecule has 0 atom stereocenters. The van der Waals surface area contributed by atoms with Gasteiger partial charge in [0, 0.05) is 26.7 Å². The van der Waals surface area contributed by atoms with E-state index >= 15 is 0 Å². The van der Waals surface area contributed by atoms with Crippen molar-refractivity contribution in [3.8, 4) is 0 Å². The molecule has 0 aliphatic heterocycles. The maximum absolute atomic E-state index is 12.5. The van der Waals surface area contributed by atoms with Gasteiger partial charge in [-0.05, 0) is 35.8 Å². The fourth-order valence-electron chi connectivity index (χ4n) is 2.88. The number of benzene rings is 2. The minimum atomic E-state index is -0.149. The average Bonchev–Trinajstić information content (AvgIpc) is 2.68. The van der Waals surface area contributed by atoms with Crippen LogP contribution in [0.4, 0.5) is 4.79 Å². The van der Waals surface area contributed by atoms with Gasteiger partial charge in [-0.1, -0.05) is 73.4 Å². The first-order valence-electron chi connectivity index (χ1n) is 9.17. The van der Waals surface area contributed by atoms with Crippen molar-refractivity contribution in [1.29, 1.82) is 0 Å². The van der Waals surface area contributed by atoms with Gasteiger partial charge in [-0.2, -0.15) is 0 Å². The third kappa shape index (κ3) is 6.13. The maximum Gasteiger partial charge on any atom is 0.317 e. The van der Waals surface area contributed by atoms with Crippen LogP contribution in [0.5, 0.6) is 0 Å². The summed E-state index contributed by atoms with van der Waals surface area (Å²) in [5.41, 5.74) is 3.19. The molecule has 4 nitrogen and oxygen atoms in total. The number of amides is 2. The van der Waals surface area contributed by atoms with Crippen LogP contribution in [0.15, 0.2) is 42.5 Å². The summed E-state index contributed by atoms with van der Waals surface area (Å²) in [6.07, 6.45) is 0. The zero-order valence-corrected chi connectivity index (χ0v) is 17.6. The molecule has 0 bridgehead atoms. The third-order valence-corrected chi connectivity index (χ3v) is 5.48. The second-order valence-electron chi connectivity index (χ2n) is 6.46. The third-order valence-electron chi connectivity index (χ3n) is 4.62. The molecule has 0 saturated heterocycles. The highest BCUT2D eigenvalue weighted by Crippen LogP contribution is 2.26. The first kappa shape index (κ1) is 21.5. The van der Waals surface area contributed by atoms with Crippen LogP contribution in [0.3, 0.4) is 0 Å². The van der Waals surface area contributed by atoms with Gasteiger partial charge in [-0.25, -0.2) is 4.79 Å². The van der Waals surface area contributed by atoms with E-state index in [1.165, 1.54) is 5.56 Å². The van der Waals surface area contributed by atoms with Crippen molar-refractivity contribution >= 4 is 29.2 Å². The molecular weight excluding hydrogens is 381 g/mol. The van der Waals surface area contributed by atoms with Crippen molar-refractivity contribution in [2.45, 2.75) is 33.5 Å². The molecule has 0 aliphatic rings. The van der Waals surface area contributed by atoms with Crippen LogP contribution in [-0.4, -0.2) is 36.0 Å². The van der Waals surface area contributed by atoms with Gasteiger partial charge in [0.15, 0.2) is 0 Å². The SMILES string of the molecule is CCN(CC)Cc1ccccc1CNC(=O)N(C)Cc1cccc(Cl)c1Cl. The number of nitrogens with one attached hydrogen (secondary N) is 1. The molecule has 0 aromatic heterocycles. The van der Waals surface area contributed by atoms with Gasteiger partial charge < -0.3 is 10.2 Å². The summed E-state index contributed by atoms with van der Waals surface area (Å²) < 4.78 is 0. The molecule has 2 aromatic carbocycles. The second kappa shape index (κ2) is 10.5. The van der Waals surface area contributed by atoms with E-state index in [1.807, 2.05) is 24.3 Å². The highest BCUT2D eigenvalue weighted by molar-refractivity contribution is 6.42. The van der Waals surface area contributed by atoms with Gasteiger partial charge in [-0.3, -0.25) is 4.90 Å². The standard InChI is InChI=1S/C21H27Cl2N3O/c1-4-26(5-2)15-17-10-7-6-9-16(17)13-24-21(27)25(3)14-18-11-8-12-19(22)20(18)23/h6-12H,4-5,13-15H2,1-3H3,(H,24,27). The number of hydrogen-bond acceptors (Lipinski definition) is 2. The summed E-state index contributed by atoms with van der Waals surface area (Å²) in [6.45, 7) is 8.08. The fraction of sp³-hybridized carbons (Fsp3) is 0.381. The molecule has 1 N–H and O–H groups in total. The molecule has 0 radical (unpaired) electrons. The van der Waals surface area contributed by atoms with E-state index in [1.54, 1.807) is 18.0 Å². The quantitative estimate of drug-likeness (QED) is 0.654. The summed E-state index contributed by atoms with van der Waals surface area (Å²) >= 11 is 12.3. The second-order valence-corrected chi connectivity index (χ2v) is 7.24. The Morgan fingerprint density at radius 3 is 2.22 bits per heavy atom. The Kier molecular flexibility index (Phi) is 8.42. The smallest absolute Gasteiger partial charge is 0.317 e. The Hall–Kier alpha value is -1.75. The van der Waals surface area contributed by atoms with Crippen LogP contribution in [0.1, 0.15) is 30.5 Å². The Morgan fingerprint density at radius 1 is 0.926 bits per heavy atom. The van der Waals surface area contributed by atoms with Crippen molar-refractivity contribution in [1.82, 2.24) is 15.1 Å². The Balaban J connectivity index is 1.98. The molecule has 146 valence electrons. The lowest BCUT2D eigenvalue weighted by Crippen LogP contribution is -2.36. The molecule has 27 heavy (non-hydrogen) atoms. The maximum atomic E-state index is 12.5. The Morgan fingerprint density at radius 2 is 1.56 bits per heavy atom. The first-order chi connectivity index (χ1) is 13.0. The van der Waals surface area contributed by atoms with E-state index in [-0.39, 0.29) is 6.03 Å². The van der Waals surface area contributed by atoms with Crippen LogP contribution >= 0.6 is 23.2 Å². The summed E-state index contributed by atoms with van der Waals surface area (Å²) in [5, 5.41) is 3.98. The molecule has 2 aromatic rings. The van der Waals surface area contributed by atoms with Gasteiger partial charge in [0.1, 0.15) is 0 Å². The highest BCUT2D eigenvalue weighted by Gasteiger charge is 2.13. The normalized spacial score (nSPS) is 10.9. The number of nitrogens with zero attached hydrogens (tertiary/aromatic N) is 2. The van der Waals surface area contributed by atoms with Crippen LogP contribution in [0.25, 0.3) is 0 Å². The predicted molar refractivity (Wildman–Crippen MR) is 113 cm³/mol. The zero-order valence-electron chi connectivity index (χ0n) is 16.1. The van der Waals surface area contributed by atoms with Crippen molar-refractivity contribution in [3.05, 3.63) is 69.2 Å². The number of rotatable bonds is 8. The number of halogens is 2. The molecule has 0 spiro atoms. The molecule has 2 rings (SSSR count). The van der Waals surface area contributed by atoms with Crippen LogP contribution in [0.2, 0.25) is 10.0 Å². The summed E-state index contributed by atoms with van der Waals surface area (Å²) in [5.74, 6) is 0. The largest absolute Gasteiger partial charge is 0.334 e. The Bertz CT molecular complexity index is 763. The molecule has 2 amide bonds. The number of urea groups is 1. The van der Waals surface area contributed by atoms with E-state index in [0.717, 1.165) is 30.8 Å². The van der Waals surface area contributed by atoms with Crippen molar-refractivity contribution in [2.75, 3.05) is 20.1 Å². The van der Waals surface area contributed by atoms with E-state index in [9.17, 15) is 4.79 Å². The molecule has 0 aliphatic carbocycles. The number of carbonyl (C=O) groups excluding carboxylic acids is 1. The lowest BCUT2D eigenvalue weighted by molar-refractivity contribution is 0.206. The molecule has 0 unspecified atom stereocenters. The highest BCUT2D eigenvalue weighted by atomic mass is 35.5. The molecule has 0 fully saturated rings. The molecule has 0 heterocycles. The monoisotopic (exact) mass is 407 g/mol. The summed E-state index contributed by atoms with van der Waals surface area (Å²) in [6, 6.07) is 13.5. The molecular formula is C21H27Cl2N3O. The number of hydrogen-bond donors (Lipinski definition) is 1. The van der Waals surface area contributed by atoms with E-state index in [0.29, 0.717) is 23.1 Å². The Labute approximate surface area is 172 Å². The summed E-state index contributed by atoms with van der Waals surface area (Å²) in [7, 11) is 1.74. The fourth-order valence-corrected chi connectivity index (χ4v) is 3.26. The van der Waals surface area contributed by atoms with Crippen molar-refractivity contribution in [2.24, 2.45) is 0 Å². The average molecular weight is 408 g/mol. The predicted octanol–water partition coefficient (Wildman–Crippen LogP) is 5.18. The van der Waals surface area contributed by atoms with Gasteiger partial charge >= 0.3 is 6.03 Å². The van der Waals surface area contributed by atoms with E-state index in [4.69, 9.17) is 23.2 Å². The first-order valence-corrected chi connectivity index (χ1v) is 9.92. The molecule has 0 saturated carbocycles. The molecule has 6 heteroatoms. The van der Waals surface area contributed by atoms with E-state index < -0.39 is 0 Å². The minimum absolute atomic E-state index is 0.149. The zero-order chi connectivity index (χ0) is 19.8. The van der Waals surface area contributed by atoms with Gasteiger partial charge in [-0.15, -0.1) is 0 Å². The minimum Gasteiger partial charge on any atom is -0.334 e. The lowest BCUT2D eigenvalue weighted by Gasteiger charge is -2.22. The topological polar surface area (TPSA) is 35.6 Å². The van der Waals surface area contributed by atoms with Gasteiger partial charge in [0.05, 0.1) is 10.0 Å². The van der Waals surface area contributed by atoms with Gasteiger partial charge in [0.2, 0.25) is 0 Å². The van der Waals surface area contributed by atoms with Gasteiger partial charge in [0.25, 0.3) is 0 Å². The number of carbonyl (C=O) groups is 1. The van der Waals surface area contributed by atoms with Crippen LogP contribution in [-0.2, 0) is 19.6 Å².